The van der Waals surface area contributed by atoms with E-state index in [4.69, 9.17) is 23.2 Å². The molecule has 1 amide bonds. The topological polar surface area (TPSA) is 83.5 Å². The number of aliphatic hydroxyl groups excluding tert-OH is 1. The number of alkyl halides is 2. The van der Waals surface area contributed by atoms with Crippen LogP contribution in [-0.4, -0.2) is 43.8 Å². The summed E-state index contributed by atoms with van der Waals surface area (Å²) in [5.74, 6) is -4.22. The molecule has 0 aliphatic heterocycles. The van der Waals surface area contributed by atoms with Crippen LogP contribution in [0.2, 0.25) is 10.0 Å². The van der Waals surface area contributed by atoms with Gasteiger partial charge in [-0.05, 0) is 18.6 Å². The van der Waals surface area contributed by atoms with Gasteiger partial charge in [0.15, 0.2) is 9.84 Å². The molecule has 0 spiro atoms. The van der Waals surface area contributed by atoms with Gasteiger partial charge in [0.2, 0.25) is 0 Å². The molecule has 0 heterocycles. The van der Waals surface area contributed by atoms with Gasteiger partial charge < -0.3 is 10.4 Å². The second-order valence-corrected chi connectivity index (χ2v) is 8.10. The smallest absolute Gasteiger partial charge is 0.275 e. The van der Waals surface area contributed by atoms with Crippen LogP contribution in [0.25, 0.3) is 0 Å². The molecule has 1 aliphatic rings. The van der Waals surface area contributed by atoms with Crippen molar-refractivity contribution >= 4 is 38.9 Å². The van der Waals surface area contributed by atoms with Crippen LogP contribution < -0.4 is 5.32 Å². The number of hydrogen-bond donors (Lipinski definition) is 2. The van der Waals surface area contributed by atoms with Crippen LogP contribution in [0.3, 0.4) is 0 Å². The zero-order valence-corrected chi connectivity index (χ0v) is 14.1. The van der Waals surface area contributed by atoms with E-state index in [0.29, 0.717) is 0 Å². The van der Waals surface area contributed by atoms with Gasteiger partial charge in [0.25, 0.3) is 11.8 Å². The summed E-state index contributed by atoms with van der Waals surface area (Å²) in [6.07, 6.45) is -1.81. The zero-order valence-electron chi connectivity index (χ0n) is 11.8. The minimum atomic E-state index is -3.70. The van der Waals surface area contributed by atoms with Crippen molar-refractivity contribution < 1.29 is 27.1 Å². The summed E-state index contributed by atoms with van der Waals surface area (Å²) < 4.78 is 49.8. The highest BCUT2D eigenvalue weighted by Gasteiger charge is 2.49. The highest BCUT2D eigenvalue weighted by Crippen LogP contribution is 2.36. The molecule has 1 aromatic rings. The minimum absolute atomic E-state index is 0.124. The van der Waals surface area contributed by atoms with Crippen molar-refractivity contribution in [2.45, 2.75) is 35.8 Å². The van der Waals surface area contributed by atoms with E-state index in [1.165, 1.54) is 6.07 Å². The minimum Gasteiger partial charge on any atom is -0.385 e. The van der Waals surface area contributed by atoms with Gasteiger partial charge >= 0.3 is 0 Å². The Morgan fingerprint density at radius 1 is 1.39 bits per heavy atom. The van der Waals surface area contributed by atoms with E-state index in [-0.39, 0.29) is 21.9 Å². The molecular weight excluding hydrogens is 375 g/mol. The third-order valence-electron chi connectivity index (χ3n) is 3.60. The highest BCUT2D eigenvalue weighted by atomic mass is 35.5. The summed E-state index contributed by atoms with van der Waals surface area (Å²) in [5, 5.41) is 11.2. The molecule has 1 aliphatic carbocycles. The molecule has 5 nitrogen and oxygen atoms in total. The van der Waals surface area contributed by atoms with Crippen molar-refractivity contribution in [2.75, 3.05) is 6.26 Å². The van der Waals surface area contributed by atoms with Crippen LogP contribution in [0.4, 0.5) is 8.78 Å². The van der Waals surface area contributed by atoms with Crippen molar-refractivity contribution in [1.29, 1.82) is 0 Å². The van der Waals surface area contributed by atoms with Crippen molar-refractivity contribution in [3.63, 3.8) is 0 Å². The number of rotatable bonds is 3. The Morgan fingerprint density at radius 3 is 2.48 bits per heavy atom. The van der Waals surface area contributed by atoms with Crippen molar-refractivity contribution in [2.24, 2.45) is 0 Å². The first-order valence-corrected chi connectivity index (χ1v) is 9.14. The first kappa shape index (κ1) is 18.4. The lowest BCUT2D eigenvalue weighted by atomic mass is 10.1. The van der Waals surface area contributed by atoms with Crippen LogP contribution in [-0.2, 0) is 9.84 Å². The molecule has 0 radical (unpaired) electrons. The fraction of sp³-hybridized carbons (Fsp3) is 0.462. The highest BCUT2D eigenvalue weighted by molar-refractivity contribution is 7.90. The average molecular weight is 388 g/mol. The van der Waals surface area contributed by atoms with Gasteiger partial charge in [-0.3, -0.25) is 4.79 Å². The quantitative estimate of drug-likeness (QED) is 0.833. The van der Waals surface area contributed by atoms with Crippen LogP contribution >= 0.6 is 23.2 Å². The number of aliphatic hydroxyl groups is 1. The van der Waals surface area contributed by atoms with E-state index in [0.717, 1.165) is 12.3 Å². The summed E-state index contributed by atoms with van der Waals surface area (Å²) in [6, 6.07) is 1.15. The molecule has 2 atom stereocenters. The van der Waals surface area contributed by atoms with Crippen LogP contribution in [0.15, 0.2) is 17.0 Å². The number of sulfone groups is 1. The number of benzene rings is 1. The molecular formula is C13H13Cl2F2NO4S. The second-order valence-electron chi connectivity index (χ2n) is 5.33. The average Bonchev–Trinajstić information content (AvgIpc) is 2.64. The maximum absolute atomic E-state index is 13.3. The van der Waals surface area contributed by atoms with Gasteiger partial charge in [-0.1, -0.05) is 23.2 Å². The molecule has 1 fully saturated rings. The molecule has 1 aromatic carbocycles. The summed E-state index contributed by atoms with van der Waals surface area (Å²) in [4.78, 5) is 11.9. The Hall–Kier alpha value is -0.960. The maximum Gasteiger partial charge on any atom is 0.275 e. The molecule has 0 unspecified atom stereocenters. The Kier molecular flexibility index (Phi) is 4.92. The molecule has 1 saturated carbocycles. The van der Waals surface area contributed by atoms with E-state index in [9.17, 15) is 27.1 Å². The fourth-order valence-electron chi connectivity index (χ4n) is 2.37. The fourth-order valence-corrected chi connectivity index (χ4v) is 4.07. The lowest BCUT2D eigenvalue weighted by Gasteiger charge is -2.20. The lowest BCUT2D eigenvalue weighted by Crippen LogP contribution is -2.45. The summed E-state index contributed by atoms with van der Waals surface area (Å²) in [5.41, 5.74) is -0.335. The Labute approximate surface area is 141 Å². The zero-order chi connectivity index (χ0) is 17.6. The van der Waals surface area contributed by atoms with Gasteiger partial charge in [0.05, 0.1) is 26.5 Å². The van der Waals surface area contributed by atoms with Gasteiger partial charge in [0.1, 0.15) is 6.10 Å². The van der Waals surface area contributed by atoms with E-state index < -0.39 is 45.3 Å². The van der Waals surface area contributed by atoms with Crippen LogP contribution in [0, 0.1) is 0 Å². The van der Waals surface area contributed by atoms with Crippen molar-refractivity contribution in [3.05, 3.63) is 27.7 Å². The number of carbonyl (C=O) groups is 1. The SMILES string of the molecule is CS(=O)(=O)c1ccc(Cl)c(C(=O)N[C@@H]2CCC(F)(F)[C@H]2O)c1Cl. The predicted molar refractivity (Wildman–Crippen MR) is 81.0 cm³/mol. The van der Waals surface area contributed by atoms with Gasteiger partial charge in [-0.15, -0.1) is 0 Å². The maximum atomic E-state index is 13.3. The van der Waals surface area contributed by atoms with E-state index >= 15 is 0 Å². The Bertz CT molecular complexity index is 755. The van der Waals surface area contributed by atoms with Crippen molar-refractivity contribution in [1.82, 2.24) is 5.32 Å². The first-order chi connectivity index (χ1) is 10.4. The van der Waals surface area contributed by atoms with Crippen molar-refractivity contribution in [3.8, 4) is 0 Å². The molecule has 0 bridgehead atoms. The third kappa shape index (κ3) is 3.60. The third-order valence-corrected chi connectivity index (χ3v) is 5.56. The number of halogens is 4. The number of carbonyl (C=O) groups excluding carboxylic acids is 1. The van der Waals surface area contributed by atoms with E-state index in [2.05, 4.69) is 5.32 Å². The molecule has 2 rings (SSSR count). The van der Waals surface area contributed by atoms with E-state index in [1.807, 2.05) is 0 Å². The predicted octanol–water partition coefficient (Wildman–Crippen LogP) is 2.29. The molecule has 128 valence electrons. The molecule has 2 N–H and O–H groups in total. The standard InChI is InChI=1S/C13H13Cl2F2NO4S/c1-23(21,22)8-3-2-6(14)9(10(8)15)12(20)18-7-4-5-13(16,17)11(7)19/h2-3,7,11,19H,4-5H2,1H3,(H,18,20)/t7-,11+/m1/s1. The summed E-state index contributed by atoms with van der Waals surface area (Å²) in [6.45, 7) is 0. The van der Waals surface area contributed by atoms with Gasteiger partial charge in [-0.2, -0.15) is 0 Å². The Balaban J connectivity index is 2.34. The van der Waals surface area contributed by atoms with Gasteiger partial charge in [0, 0.05) is 12.7 Å². The lowest BCUT2D eigenvalue weighted by molar-refractivity contribution is -0.0911. The summed E-state index contributed by atoms with van der Waals surface area (Å²) >= 11 is 11.8. The Morgan fingerprint density at radius 2 is 2.00 bits per heavy atom. The number of amides is 1. The second kappa shape index (κ2) is 6.16. The van der Waals surface area contributed by atoms with Crippen LogP contribution in [0.5, 0.6) is 0 Å². The first-order valence-electron chi connectivity index (χ1n) is 6.50. The number of nitrogens with one attached hydrogen (secondary N) is 1. The van der Waals surface area contributed by atoms with Crippen LogP contribution in [0.1, 0.15) is 23.2 Å². The van der Waals surface area contributed by atoms with E-state index in [1.54, 1.807) is 0 Å². The summed E-state index contributed by atoms with van der Waals surface area (Å²) in [7, 11) is -3.70. The monoisotopic (exact) mass is 387 g/mol. The molecule has 23 heavy (non-hydrogen) atoms. The normalized spacial score (nSPS) is 23.7. The molecule has 10 heteroatoms. The molecule has 0 aromatic heterocycles. The number of hydrogen-bond acceptors (Lipinski definition) is 4. The largest absolute Gasteiger partial charge is 0.385 e. The molecule has 0 saturated heterocycles. The van der Waals surface area contributed by atoms with Gasteiger partial charge in [-0.25, -0.2) is 17.2 Å².